The lowest BCUT2D eigenvalue weighted by atomic mass is 9.87. The van der Waals surface area contributed by atoms with E-state index in [0.717, 1.165) is 18.4 Å². The highest BCUT2D eigenvalue weighted by molar-refractivity contribution is 4.97. The molecule has 1 saturated heterocycles. The van der Waals surface area contributed by atoms with Gasteiger partial charge in [-0.05, 0) is 50.5 Å². The standard InChI is InChI=1S/C17H34N2/c1-3-6-16-9-12-19(13-16)17(14-18)10-5-7-15(4-2)8-11-17/h15-16H,3-14,18H2,1-2H3. The molecule has 19 heavy (non-hydrogen) atoms. The lowest BCUT2D eigenvalue weighted by Crippen LogP contribution is -2.52. The maximum absolute atomic E-state index is 6.25. The highest BCUT2D eigenvalue weighted by atomic mass is 15.2. The second-order valence-corrected chi connectivity index (χ2v) is 7.02. The molecule has 0 aromatic heterocycles. The van der Waals surface area contributed by atoms with Crippen LogP contribution < -0.4 is 5.73 Å². The Morgan fingerprint density at radius 3 is 2.63 bits per heavy atom. The molecule has 1 aliphatic carbocycles. The summed E-state index contributed by atoms with van der Waals surface area (Å²) in [6.45, 7) is 8.18. The molecule has 2 aliphatic rings. The Kier molecular flexibility index (Phi) is 5.70. The number of likely N-dealkylation sites (tertiary alicyclic amines) is 1. The molecule has 1 aliphatic heterocycles. The van der Waals surface area contributed by atoms with Crippen LogP contribution in [0.15, 0.2) is 0 Å². The Morgan fingerprint density at radius 2 is 1.95 bits per heavy atom. The summed E-state index contributed by atoms with van der Waals surface area (Å²) >= 11 is 0. The quantitative estimate of drug-likeness (QED) is 0.767. The second-order valence-electron chi connectivity index (χ2n) is 7.02. The van der Waals surface area contributed by atoms with Crippen molar-refractivity contribution in [3.63, 3.8) is 0 Å². The highest BCUT2D eigenvalue weighted by Crippen LogP contribution is 2.38. The molecular formula is C17H34N2. The molecule has 2 fully saturated rings. The first-order valence-corrected chi connectivity index (χ1v) is 8.69. The van der Waals surface area contributed by atoms with Crippen molar-refractivity contribution >= 4 is 0 Å². The molecule has 2 nitrogen and oxygen atoms in total. The maximum atomic E-state index is 6.25. The number of nitrogens with zero attached hydrogens (tertiary/aromatic N) is 1. The van der Waals surface area contributed by atoms with E-state index in [-0.39, 0.29) is 0 Å². The lowest BCUT2D eigenvalue weighted by Gasteiger charge is -2.41. The van der Waals surface area contributed by atoms with E-state index in [0.29, 0.717) is 5.54 Å². The number of hydrogen-bond acceptors (Lipinski definition) is 2. The Bertz CT molecular complexity index is 266. The van der Waals surface area contributed by atoms with Gasteiger partial charge < -0.3 is 5.73 Å². The fraction of sp³-hybridized carbons (Fsp3) is 1.00. The van der Waals surface area contributed by atoms with Crippen LogP contribution in [0.1, 0.15) is 71.6 Å². The fourth-order valence-corrected chi connectivity index (χ4v) is 4.43. The average Bonchev–Trinajstić information content (AvgIpc) is 2.79. The first kappa shape index (κ1) is 15.3. The van der Waals surface area contributed by atoms with Gasteiger partial charge >= 0.3 is 0 Å². The van der Waals surface area contributed by atoms with E-state index < -0.39 is 0 Å². The van der Waals surface area contributed by atoms with Crippen LogP contribution in [0.5, 0.6) is 0 Å². The minimum absolute atomic E-state index is 0.354. The van der Waals surface area contributed by atoms with Gasteiger partial charge in [-0.1, -0.05) is 39.5 Å². The van der Waals surface area contributed by atoms with Crippen molar-refractivity contribution in [1.82, 2.24) is 4.90 Å². The zero-order valence-electron chi connectivity index (χ0n) is 13.2. The predicted molar refractivity (Wildman–Crippen MR) is 83.2 cm³/mol. The first-order chi connectivity index (χ1) is 9.24. The molecular weight excluding hydrogens is 232 g/mol. The third kappa shape index (κ3) is 3.52. The topological polar surface area (TPSA) is 29.3 Å². The Balaban J connectivity index is 1.98. The fourth-order valence-electron chi connectivity index (χ4n) is 4.43. The van der Waals surface area contributed by atoms with Gasteiger partial charge in [-0.3, -0.25) is 4.90 Å². The summed E-state index contributed by atoms with van der Waals surface area (Å²) in [7, 11) is 0. The van der Waals surface area contributed by atoms with Crippen molar-refractivity contribution in [2.24, 2.45) is 17.6 Å². The summed E-state index contributed by atoms with van der Waals surface area (Å²) in [5.41, 5.74) is 6.61. The molecule has 2 rings (SSSR count). The van der Waals surface area contributed by atoms with Crippen LogP contribution in [0.3, 0.4) is 0 Å². The number of hydrogen-bond donors (Lipinski definition) is 1. The summed E-state index contributed by atoms with van der Waals surface area (Å²) in [4.78, 5) is 2.78. The van der Waals surface area contributed by atoms with E-state index in [1.807, 2.05) is 0 Å². The molecule has 2 N–H and O–H groups in total. The third-order valence-corrected chi connectivity index (χ3v) is 5.88. The van der Waals surface area contributed by atoms with Gasteiger partial charge in [0.15, 0.2) is 0 Å². The highest BCUT2D eigenvalue weighted by Gasteiger charge is 2.40. The molecule has 0 aromatic rings. The zero-order valence-corrected chi connectivity index (χ0v) is 13.2. The van der Waals surface area contributed by atoms with E-state index in [9.17, 15) is 0 Å². The summed E-state index contributed by atoms with van der Waals surface area (Å²) in [5, 5.41) is 0. The summed E-state index contributed by atoms with van der Waals surface area (Å²) in [5.74, 6) is 1.90. The molecule has 0 radical (unpaired) electrons. The van der Waals surface area contributed by atoms with E-state index in [1.54, 1.807) is 0 Å². The van der Waals surface area contributed by atoms with Gasteiger partial charge in [-0.25, -0.2) is 0 Å². The number of nitrogens with two attached hydrogens (primary N) is 1. The lowest BCUT2D eigenvalue weighted by molar-refractivity contribution is 0.0989. The maximum Gasteiger partial charge on any atom is 0.0331 e. The van der Waals surface area contributed by atoms with Crippen LogP contribution in [0.2, 0.25) is 0 Å². The molecule has 112 valence electrons. The Morgan fingerprint density at radius 1 is 1.11 bits per heavy atom. The van der Waals surface area contributed by atoms with E-state index in [2.05, 4.69) is 18.7 Å². The first-order valence-electron chi connectivity index (χ1n) is 8.69. The normalized spacial score (nSPS) is 37.4. The van der Waals surface area contributed by atoms with E-state index in [1.165, 1.54) is 70.9 Å². The van der Waals surface area contributed by atoms with Crippen molar-refractivity contribution in [1.29, 1.82) is 0 Å². The molecule has 3 unspecified atom stereocenters. The van der Waals surface area contributed by atoms with Gasteiger partial charge in [0.1, 0.15) is 0 Å². The van der Waals surface area contributed by atoms with Gasteiger partial charge in [0, 0.05) is 18.6 Å². The van der Waals surface area contributed by atoms with Crippen molar-refractivity contribution in [3.8, 4) is 0 Å². The molecule has 1 heterocycles. The van der Waals surface area contributed by atoms with Crippen LogP contribution in [-0.2, 0) is 0 Å². The van der Waals surface area contributed by atoms with Gasteiger partial charge in [-0.15, -0.1) is 0 Å². The SMILES string of the molecule is CCCC1CCN(C2(CN)CCCC(CC)CC2)C1. The van der Waals surface area contributed by atoms with Crippen LogP contribution >= 0.6 is 0 Å². The van der Waals surface area contributed by atoms with Crippen molar-refractivity contribution < 1.29 is 0 Å². The Hall–Kier alpha value is -0.0800. The van der Waals surface area contributed by atoms with Crippen LogP contribution in [0, 0.1) is 11.8 Å². The van der Waals surface area contributed by atoms with Crippen molar-refractivity contribution in [2.75, 3.05) is 19.6 Å². The van der Waals surface area contributed by atoms with Gasteiger partial charge in [-0.2, -0.15) is 0 Å². The van der Waals surface area contributed by atoms with Gasteiger partial charge in [0.2, 0.25) is 0 Å². The van der Waals surface area contributed by atoms with Crippen LogP contribution in [0.4, 0.5) is 0 Å². The van der Waals surface area contributed by atoms with Crippen LogP contribution in [0.25, 0.3) is 0 Å². The summed E-state index contributed by atoms with van der Waals surface area (Å²) in [6.07, 6.45) is 12.4. The van der Waals surface area contributed by atoms with Crippen LogP contribution in [-0.4, -0.2) is 30.1 Å². The summed E-state index contributed by atoms with van der Waals surface area (Å²) in [6, 6.07) is 0. The largest absolute Gasteiger partial charge is 0.329 e. The van der Waals surface area contributed by atoms with Crippen molar-refractivity contribution in [3.05, 3.63) is 0 Å². The average molecular weight is 266 g/mol. The zero-order chi connectivity index (χ0) is 13.7. The molecule has 0 amide bonds. The molecule has 1 saturated carbocycles. The molecule has 3 atom stereocenters. The minimum Gasteiger partial charge on any atom is -0.329 e. The Labute approximate surface area is 120 Å². The molecule has 0 spiro atoms. The number of rotatable bonds is 5. The molecule has 0 aromatic carbocycles. The van der Waals surface area contributed by atoms with Crippen molar-refractivity contribution in [2.45, 2.75) is 77.2 Å². The monoisotopic (exact) mass is 266 g/mol. The minimum atomic E-state index is 0.354. The van der Waals surface area contributed by atoms with Gasteiger partial charge in [0.05, 0.1) is 0 Å². The second kappa shape index (κ2) is 7.08. The third-order valence-electron chi connectivity index (χ3n) is 5.88. The van der Waals surface area contributed by atoms with Gasteiger partial charge in [0.25, 0.3) is 0 Å². The predicted octanol–water partition coefficient (Wildman–Crippen LogP) is 3.80. The molecule has 2 heteroatoms. The molecule has 0 bridgehead atoms. The smallest absolute Gasteiger partial charge is 0.0331 e. The van der Waals surface area contributed by atoms with E-state index >= 15 is 0 Å². The van der Waals surface area contributed by atoms with E-state index in [4.69, 9.17) is 5.73 Å². The summed E-state index contributed by atoms with van der Waals surface area (Å²) < 4.78 is 0.